The smallest absolute Gasteiger partial charge is 0.0270 e. The van der Waals surface area contributed by atoms with Crippen molar-refractivity contribution in [2.75, 3.05) is 6.54 Å². The van der Waals surface area contributed by atoms with Crippen LogP contribution >= 0.6 is 0 Å². The van der Waals surface area contributed by atoms with Gasteiger partial charge in [-0.1, -0.05) is 51.1 Å². The van der Waals surface area contributed by atoms with Crippen LogP contribution in [0.5, 0.6) is 0 Å². The summed E-state index contributed by atoms with van der Waals surface area (Å²) in [6.45, 7) is 8.24. The highest BCUT2D eigenvalue weighted by Gasteiger charge is 2.43. The Bertz CT molecular complexity index is 328. The Hall–Kier alpha value is -0.820. The van der Waals surface area contributed by atoms with Crippen LogP contribution in [0.1, 0.15) is 39.2 Å². The molecule has 0 spiro atoms. The Kier molecular flexibility index (Phi) is 3.07. The molecule has 0 aromatic heterocycles. The molecule has 1 saturated heterocycles. The third-order valence-corrected chi connectivity index (χ3v) is 4.03. The molecule has 0 radical (unpaired) electrons. The highest BCUT2D eigenvalue weighted by molar-refractivity contribution is 5.20. The molecule has 0 aliphatic carbocycles. The molecule has 2 rings (SSSR count). The topological polar surface area (TPSA) is 12.0 Å². The molecule has 1 heteroatoms. The fraction of sp³-hybridized carbons (Fsp3) is 0.600. The summed E-state index contributed by atoms with van der Waals surface area (Å²) in [5, 5.41) is 3.76. The molecule has 1 aliphatic heterocycles. The average Bonchev–Trinajstić information content (AvgIpc) is 2.68. The summed E-state index contributed by atoms with van der Waals surface area (Å²) in [4.78, 5) is 0. The second-order valence-corrected chi connectivity index (χ2v) is 6.02. The summed E-state index contributed by atoms with van der Waals surface area (Å²) >= 11 is 0. The molecule has 1 nitrogen and oxygen atoms in total. The van der Waals surface area contributed by atoms with Gasteiger partial charge >= 0.3 is 0 Å². The lowest BCUT2D eigenvalue weighted by molar-refractivity contribution is 0.159. The van der Waals surface area contributed by atoms with Gasteiger partial charge in [0, 0.05) is 5.54 Å². The lowest BCUT2D eigenvalue weighted by Crippen LogP contribution is -2.52. The van der Waals surface area contributed by atoms with Crippen LogP contribution in [-0.2, 0) is 6.42 Å². The summed E-state index contributed by atoms with van der Waals surface area (Å²) in [5.41, 5.74) is 2.06. The van der Waals surface area contributed by atoms with Crippen molar-refractivity contribution in [2.24, 2.45) is 5.41 Å². The maximum absolute atomic E-state index is 3.76. The number of hydrogen-bond acceptors (Lipinski definition) is 1. The summed E-state index contributed by atoms with van der Waals surface area (Å²) < 4.78 is 0. The van der Waals surface area contributed by atoms with Gasteiger partial charge in [0.15, 0.2) is 0 Å². The van der Waals surface area contributed by atoms with Gasteiger partial charge in [-0.05, 0) is 36.8 Å². The van der Waals surface area contributed by atoms with E-state index in [9.17, 15) is 0 Å². The number of nitrogens with one attached hydrogen (secondary N) is 1. The highest BCUT2D eigenvalue weighted by Crippen LogP contribution is 2.39. The largest absolute Gasteiger partial charge is 0.310 e. The van der Waals surface area contributed by atoms with Crippen LogP contribution in [0.15, 0.2) is 30.3 Å². The fourth-order valence-electron chi connectivity index (χ4n) is 2.81. The van der Waals surface area contributed by atoms with Crippen molar-refractivity contribution < 1.29 is 0 Å². The van der Waals surface area contributed by atoms with Crippen LogP contribution in [0.25, 0.3) is 0 Å². The molecule has 1 N–H and O–H groups in total. The summed E-state index contributed by atoms with van der Waals surface area (Å²) in [5.74, 6) is 0. The zero-order valence-electron chi connectivity index (χ0n) is 10.7. The van der Waals surface area contributed by atoms with Crippen LogP contribution < -0.4 is 5.32 Å². The molecule has 1 heterocycles. The minimum atomic E-state index is 0.286. The Labute approximate surface area is 99.3 Å². The Morgan fingerprint density at radius 1 is 1.19 bits per heavy atom. The van der Waals surface area contributed by atoms with E-state index in [4.69, 9.17) is 0 Å². The van der Waals surface area contributed by atoms with Crippen molar-refractivity contribution in [1.82, 2.24) is 5.32 Å². The van der Waals surface area contributed by atoms with E-state index >= 15 is 0 Å². The zero-order valence-corrected chi connectivity index (χ0v) is 10.7. The molecule has 1 unspecified atom stereocenters. The number of rotatable bonds is 2. The predicted molar refractivity (Wildman–Crippen MR) is 69.6 cm³/mol. The van der Waals surface area contributed by atoms with Crippen LogP contribution in [0.4, 0.5) is 0 Å². The third kappa shape index (κ3) is 2.15. The number of benzene rings is 1. The number of hydrogen-bond donors (Lipinski definition) is 1. The van der Waals surface area contributed by atoms with E-state index < -0.39 is 0 Å². The molecule has 1 aromatic rings. The van der Waals surface area contributed by atoms with Gasteiger partial charge < -0.3 is 5.32 Å². The molecule has 0 saturated carbocycles. The van der Waals surface area contributed by atoms with E-state index in [1.165, 1.54) is 24.9 Å². The van der Waals surface area contributed by atoms with Gasteiger partial charge in [0.25, 0.3) is 0 Å². The van der Waals surface area contributed by atoms with Crippen molar-refractivity contribution in [2.45, 2.75) is 45.6 Å². The summed E-state index contributed by atoms with van der Waals surface area (Å²) in [6.07, 6.45) is 3.76. The first-order chi connectivity index (χ1) is 7.54. The van der Waals surface area contributed by atoms with Gasteiger partial charge in [-0.3, -0.25) is 0 Å². The van der Waals surface area contributed by atoms with E-state index in [0.29, 0.717) is 5.41 Å². The molecule has 1 atom stereocenters. The van der Waals surface area contributed by atoms with Gasteiger partial charge in [-0.2, -0.15) is 0 Å². The van der Waals surface area contributed by atoms with E-state index in [1.807, 2.05) is 0 Å². The monoisotopic (exact) mass is 217 g/mol. The van der Waals surface area contributed by atoms with Crippen LogP contribution in [0, 0.1) is 5.41 Å². The first-order valence-corrected chi connectivity index (χ1v) is 6.32. The minimum Gasteiger partial charge on any atom is -0.310 e. The van der Waals surface area contributed by atoms with Crippen molar-refractivity contribution in [3.63, 3.8) is 0 Å². The second kappa shape index (κ2) is 4.21. The molecular weight excluding hydrogens is 194 g/mol. The lowest BCUT2D eigenvalue weighted by atomic mass is 9.69. The van der Waals surface area contributed by atoms with Gasteiger partial charge in [0.2, 0.25) is 0 Å². The van der Waals surface area contributed by atoms with Gasteiger partial charge in [-0.25, -0.2) is 0 Å². The molecular formula is C15H23N. The SMILES string of the molecule is CC(C)(C)C1(Cc2ccccc2)CCCN1. The van der Waals surface area contributed by atoms with E-state index in [2.05, 4.69) is 56.4 Å². The van der Waals surface area contributed by atoms with E-state index in [-0.39, 0.29) is 5.54 Å². The molecule has 16 heavy (non-hydrogen) atoms. The van der Waals surface area contributed by atoms with E-state index in [1.54, 1.807) is 0 Å². The van der Waals surface area contributed by atoms with Crippen LogP contribution in [-0.4, -0.2) is 12.1 Å². The summed E-state index contributed by atoms with van der Waals surface area (Å²) in [6, 6.07) is 10.9. The standard InChI is InChI=1S/C15H23N/c1-14(2,3)15(10-7-11-16-15)12-13-8-5-4-6-9-13/h4-6,8-9,16H,7,10-12H2,1-3H3. The van der Waals surface area contributed by atoms with Gasteiger partial charge in [0.1, 0.15) is 0 Å². The molecule has 0 amide bonds. The van der Waals surface area contributed by atoms with Crippen LogP contribution in [0.2, 0.25) is 0 Å². The maximum atomic E-state index is 3.76. The Morgan fingerprint density at radius 3 is 2.38 bits per heavy atom. The molecule has 88 valence electrons. The van der Waals surface area contributed by atoms with Crippen molar-refractivity contribution >= 4 is 0 Å². The van der Waals surface area contributed by atoms with Crippen LogP contribution in [0.3, 0.4) is 0 Å². The Morgan fingerprint density at radius 2 is 1.88 bits per heavy atom. The average molecular weight is 217 g/mol. The van der Waals surface area contributed by atoms with Gasteiger partial charge in [-0.15, -0.1) is 0 Å². The third-order valence-electron chi connectivity index (χ3n) is 4.03. The lowest BCUT2D eigenvalue weighted by Gasteiger charge is -2.42. The van der Waals surface area contributed by atoms with Crippen molar-refractivity contribution in [3.05, 3.63) is 35.9 Å². The Balaban J connectivity index is 2.22. The highest BCUT2D eigenvalue weighted by atomic mass is 15.0. The normalized spacial score (nSPS) is 25.9. The molecule has 0 bridgehead atoms. The minimum absolute atomic E-state index is 0.286. The zero-order chi connectivity index (χ0) is 11.6. The van der Waals surface area contributed by atoms with E-state index in [0.717, 1.165) is 6.42 Å². The van der Waals surface area contributed by atoms with Crippen molar-refractivity contribution in [3.8, 4) is 0 Å². The van der Waals surface area contributed by atoms with Gasteiger partial charge in [0.05, 0.1) is 0 Å². The van der Waals surface area contributed by atoms with Crippen molar-refractivity contribution in [1.29, 1.82) is 0 Å². The first-order valence-electron chi connectivity index (χ1n) is 6.32. The fourth-order valence-corrected chi connectivity index (χ4v) is 2.81. The molecule has 1 aliphatic rings. The predicted octanol–water partition coefficient (Wildman–Crippen LogP) is 3.40. The quantitative estimate of drug-likeness (QED) is 0.800. The molecule has 1 fully saturated rings. The molecule has 1 aromatic carbocycles. The maximum Gasteiger partial charge on any atom is 0.0270 e. The second-order valence-electron chi connectivity index (χ2n) is 6.02. The summed E-state index contributed by atoms with van der Waals surface area (Å²) in [7, 11) is 0. The first kappa shape index (κ1) is 11.7.